The molecule has 1 heteroatoms. The normalized spacial score (nSPS) is 25.8. The third-order valence-corrected chi connectivity index (χ3v) is 3.09. The van der Waals surface area contributed by atoms with Crippen LogP contribution in [0, 0.1) is 0 Å². The highest BCUT2D eigenvalue weighted by atomic mass is 14.9. The number of rotatable bonds is 4. The maximum absolute atomic E-state index is 3.57. The summed E-state index contributed by atoms with van der Waals surface area (Å²) in [7, 11) is 0. The van der Waals surface area contributed by atoms with E-state index in [0.717, 1.165) is 12.0 Å². The molecular formula is C13H19N. The second kappa shape index (κ2) is 4.61. The molecule has 0 unspecified atom stereocenters. The second-order valence-corrected chi connectivity index (χ2v) is 4.23. The van der Waals surface area contributed by atoms with Crippen LogP contribution in [0.5, 0.6) is 0 Å². The quantitative estimate of drug-likeness (QED) is 0.768. The Morgan fingerprint density at radius 3 is 2.57 bits per heavy atom. The van der Waals surface area contributed by atoms with Gasteiger partial charge in [-0.25, -0.2) is 0 Å². The lowest BCUT2D eigenvalue weighted by molar-refractivity contribution is 0.292. The number of hydrogen-bond acceptors (Lipinski definition) is 1. The molecule has 1 aliphatic rings. The fourth-order valence-electron chi connectivity index (χ4n) is 2.13. The molecule has 0 aromatic heterocycles. The summed E-state index contributed by atoms with van der Waals surface area (Å²) in [5, 5.41) is 3.57. The van der Waals surface area contributed by atoms with Crippen molar-refractivity contribution in [1.29, 1.82) is 0 Å². The molecule has 1 aromatic carbocycles. The lowest BCUT2D eigenvalue weighted by atomic mass is 9.76. The molecule has 0 heterocycles. The number of hydrogen-bond donors (Lipinski definition) is 1. The average Bonchev–Trinajstić information content (AvgIpc) is 2.17. The van der Waals surface area contributed by atoms with Gasteiger partial charge in [-0.1, -0.05) is 37.3 Å². The van der Waals surface area contributed by atoms with Crippen molar-refractivity contribution in [2.45, 2.75) is 38.1 Å². The highest BCUT2D eigenvalue weighted by Gasteiger charge is 2.29. The standard InChI is InChI=1S/C13H19N/c1-2-8-14-13-9-12(10-13)11-6-4-3-5-7-11/h3-7,12-14H,2,8-10H2,1H3. The first-order chi connectivity index (χ1) is 6.90. The molecule has 1 aromatic rings. The van der Waals surface area contributed by atoms with Gasteiger partial charge in [0.05, 0.1) is 0 Å². The Morgan fingerprint density at radius 2 is 1.93 bits per heavy atom. The summed E-state index contributed by atoms with van der Waals surface area (Å²) in [4.78, 5) is 0. The van der Waals surface area contributed by atoms with E-state index in [9.17, 15) is 0 Å². The van der Waals surface area contributed by atoms with Gasteiger partial charge in [-0.3, -0.25) is 0 Å². The summed E-state index contributed by atoms with van der Waals surface area (Å²) >= 11 is 0. The minimum absolute atomic E-state index is 0.778. The van der Waals surface area contributed by atoms with Gasteiger partial charge >= 0.3 is 0 Å². The highest BCUT2D eigenvalue weighted by molar-refractivity contribution is 5.22. The van der Waals surface area contributed by atoms with E-state index in [4.69, 9.17) is 0 Å². The Labute approximate surface area is 86.5 Å². The zero-order valence-electron chi connectivity index (χ0n) is 8.87. The first-order valence-electron chi connectivity index (χ1n) is 5.68. The van der Waals surface area contributed by atoms with Crippen molar-refractivity contribution in [3.05, 3.63) is 35.9 Å². The van der Waals surface area contributed by atoms with Crippen molar-refractivity contribution < 1.29 is 0 Å². The summed E-state index contributed by atoms with van der Waals surface area (Å²) in [5.41, 5.74) is 1.52. The van der Waals surface area contributed by atoms with Gasteiger partial charge in [-0.2, -0.15) is 0 Å². The van der Waals surface area contributed by atoms with Crippen molar-refractivity contribution in [2.24, 2.45) is 0 Å². The topological polar surface area (TPSA) is 12.0 Å². The third kappa shape index (κ3) is 2.16. The van der Waals surface area contributed by atoms with Gasteiger partial charge in [0.1, 0.15) is 0 Å². The minimum atomic E-state index is 0.778. The van der Waals surface area contributed by atoms with Crippen LogP contribution >= 0.6 is 0 Å². The lowest BCUT2D eigenvalue weighted by Gasteiger charge is -2.36. The van der Waals surface area contributed by atoms with E-state index in [0.29, 0.717) is 0 Å². The van der Waals surface area contributed by atoms with Gasteiger partial charge in [0.15, 0.2) is 0 Å². The molecular weight excluding hydrogens is 170 g/mol. The van der Waals surface area contributed by atoms with Crippen LogP contribution in [0.25, 0.3) is 0 Å². The van der Waals surface area contributed by atoms with Gasteiger partial charge in [0, 0.05) is 6.04 Å². The smallest absolute Gasteiger partial charge is 0.00787 e. The summed E-state index contributed by atoms with van der Waals surface area (Å²) in [6.45, 7) is 3.40. The van der Waals surface area contributed by atoms with E-state index >= 15 is 0 Å². The fourth-order valence-corrected chi connectivity index (χ4v) is 2.13. The zero-order chi connectivity index (χ0) is 9.80. The monoisotopic (exact) mass is 189 g/mol. The molecule has 0 bridgehead atoms. The van der Waals surface area contributed by atoms with Gasteiger partial charge in [-0.15, -0.1) is 0 Å². The highest BCUT2D eigenvalue weighted by Crippen LogP contribution is 2.36. The molecule has 0 radical (unpaired) electrons. The van der Waals surface area contributed by atoms with Crippen LogP contribution in [0.1, 0.15) is 37.7 Å². The Morgan fingerprint density at radius 1 is 1.21 bits per heavy atom. The molecule has 2 rings (SSSR count). The molecule has 76 valence electrons. The largest absolute Gasteiger partial charge is 0.314 e. The molecule has 0 saturated heterocycles. The molecule has 1 saturated carbocycles. The van der Waals surface area contributed by atoms with Crippen LogP contribution in [-0.2, 0) is 0 Å². The Balaban J connectivity index is 1.78. The minimum Gasteiger partial charge on any atom is -0.314 e. The van der Waals surface area contributed by atoms with E-state index in [1.54, 1.807) is 0 Å². The van der Waals surface area contributed by atoms with Crippen LogP contribution in [0.4, 0.5) is 0 Å². The summed E-state index contributed by atoms with van der Waals surface area (Å²) in [6.07, 6.45) is 3.89. The van der Waals surface area contributed by atoms with Crippen molar-refractivity contribution in [3.8, 4) is 0 Å². The van der Waals surface area contributed by atoms with Crippen LogP contribution < -0.4 is 5.32 Å². The molecule has 1 nitrogen and oxygen atoms in total. The molecule has 0 aliphatic heterocycles. The molecule has 1 aliphatic carbocycles. The van der Waals surface area contributed by atoms with Crippen LogP contribution in [0.15, 0.2) is 30.3 Å². The van der Waals surface area contributed by atoms with Crippen molar-refractivity contribution >= 4 is 0 Å². The van der Waals surface area contributed by atoms with E-state index < -0.39 is 0 Å². The van der Waals surface area contributed by atoms with Crippen molar-refractivity contribution in [3.63, 3.8) is 0 Å². The Kier molecular flexibility index (Phi) is 3.20. The third-order valence-electron chi connectivity index (χ3n) is 3.09. The van der Waals surface area contributed by atoms with Gasteiger partial charge in [0.2, 0.25) is 0 Å². The predicted molar refractivity (Wildman–Crippen MR) is 60.5 cm³/mol. The molecule has 1 fully saturated rings. The predicted octanol–water partition coefficient (Wildman–Crippen LogP) is 2.93. The van der Waals surface area contributed by atoms with Crippen LogP contribution in [0.3, 0.4) is 0 Å². The summed E-state index contributed by atoms with van der Waals surface area (Å²) in [5.74, 6) is 0.811. The maximum atomic E-state index is 3.57. The first-order valence-corrected chi connectivity index (χ1v) is 5.68. The van der Waals surface area contributed by atoms with Crippen LogP contribution in [-0.4, -0.2) is 12.6 Å². The number of nitrogens with one attached hydrogen (secondary N) is 1. The van der Waals surface area contributed by atoms with E-state index in [1.165, 1.54) is 31.4 Å². The van der Waals surface area contributed by atoms with E-state index in [-0.39, 0.29) is 0 Å². The Hall–Kier alpha value is -0.820. The number of benzene rings is 1. The first kappa shape index (κ1) is 9.72. The molecule has 14 heavy (non-hydrogen) atoms. The summed E-state index contributed by atoms with van der Waals surface area (Å²) in [6, 6.07) is 11.7. The lowest BCUT2D eigenvalue weighted by Crippen LogP contribution is -2.40. The maximum Gasteiger partial charge on any atom is 0.00787 e. The molecule has 0 amide bonds. The SMILES string of the molecule is CCCNC1CC(c2ccccc2)C1. The van der Waals surface area contributed by atoms with Crippen LogP contribution in [0.2, 0.25) is 0 Å². The summed E-state index contributed by atoms with van der Waals surface area (Å²) < 4.78 is 0. The van der Waals surface area contributed by atoms with Gasteiger partial charge in [0.25, 0.3) is 0 Å². The second-order valence-electron chi connectivity index (χ2n) is 4.23. The van der Waals surface area contributed by atoms with Gasteiger partial charge < -0.3 is 5.32 Å². The fraction of sp³-hybridized carbons (Fsp3) is 0.538. The van der Waals surface area contributed by atoms with Crippen molar-refractivity contribution in [1.82, 2.24) is 5.32 Å². The van der Waals surface area contributed by atoms with E-state index in [2.05, 4.69) is 42.6 Å². The molecule has 1 N–H and O–H groups in total. The zero-order valence-corrected chi connectivity index (χ0v) is 8.87. The van der Waals surface area contributed by atoms with Crippen molar-refractivity contribution in [2.75, 3.05) is 6.54 Å². The molecule has 0 atom stereocenters. The van der Waals surface area contributed by atoms with Gasteiger partial charge in [-0.05, 0) is 37.3 Å². The Bertz CT molecular complexity index is 262. The molecule has 0 spiro atoms. The van der Waals surface area contributed by atoms with E-state index in [1.807, 2.05) is 0 Å². The average molecular weight is 189 g/mol.